The van der Waals surface area contributed by atoms with Crippen molar-refractivity contribution >= 4 is 28.4 Å². The summed E-state index contributed by atoms with van der Waals surface area (Å²) < 4.78 is 7.38. The van der Waals surface area contributed by atoms with E-state index in [1.807, 2.05) is 73.8 Å². The molecule has 4 heterocycles. The van der Waals surface area contributed by atoms with Gasteiger partial charge < -0.3 is 4.42 Å². The van der Waals surface area contributed by atoms with Crippen LogP contribution in [0, 0.1) is 6.92 Å². The Hall–Kier alpha value is -4.18. The van der Waals surface area contributed by atoms with Crippen LogP contribution in [0.15, 0.2) is 70.3 Å². The van der Waals surface area contributed by atoms with Crippen molar-refractivity contribution in [2.45, 2.75) is 12.1 Å². The summed E-state index contributed by atoms with van der Waals surface area (Å²) in [5.41, 5.74) is 5.88. The normalized spacial score (nSPS) is 11.5. The lowest BCUT2D eigenvalue weighted by Crippen LogP contribution is -2.02. The highest BCUT2D eigenvalue weighted by molar-refractivity contribution is 7.98. The number of hydrogen-bond donors (Lipinski definition) is 0. The predicted molar refractivity (Wildman–Crippen MR) is 125 cm³/mol. The number of aromatic nitrogens is 8. The highest BCUT2D eigenvalue weighted by atomic mass is 32.2. The maximum absolute atomic E-state index is 5.66. The van der Waals surface area contributed by atoms with E-state index >= 15 is 0 Å². The van der Waals surface area contributed by atoms with Crippen molar-refractivity contribution in [2.24, 2.45) is 0 Å². The number of benzene rings is 2. The second-order valence-corrected chi connectivity index (χ2v) is 8.06. The van der Waals surface area contributed by atoms with Gasteiger partial charge >= 0.3 is 0 Å². The number of aryl methyl sites for hydroxylation is 1. The lowest BCUT2D eigenvalue weighted by molar-refractivity contribution is 0.464. The molecule has 2 aromatic carbocycles. The van der Waals surface area contributed by atoms with Crippen molar-refractivity contribution in [1.29, 1.82) is 0 Å². The van der Waals surface area contributed by atoms with Crippen molar-refractivity contribution in [3.05, 3.63) is 66.4 Å². The molecule has 0 amide bonds. The summed E-state index contributed by atoms with van der Waals surface area (Å²) in [5, 5.41) is 32.0. The highest BCUT2D eigenvalue weighted by Crippen LogP contribution is 2.37. The highest BCUT2D eigenvalue weighted by Gasteiger charge is 2.23. The molecule has 0 bridgehead atoms. The van der Waals surface area contributed by atoms with Crippen LogP contribution in [0.3, 0.4) is 0 Å². The van der Waals surface area contributed by atoms with Crippen LogP contribution in [0.25, 0.3) is 50.6 Å². The number of fused-ring (bicyclic) bond motifs is 3. The van der Waals surface area contributed by atoms with Crippen LogP contribution in [0.4, 0.5) is 0 Å². The van der Waals surface area contributed by atoms with Gasteiger partial charge in [0, 0.05) is 11.1 Å². The van der Waals surface area contributed by atoms with E-state index in [0.29, 0.717) is 28.1 Å². The summed E-state index contributed by atoms with van der Waals surface area (Å²) in [4.78, 5) is 0. The molecule has 0 aliphatic heterocycles. The van der Waals surface area contributed by atoms with Crippen molar-refractivity contribution in [1.82, 2.24) is 40.2 Å². The van der Waals surface area contributed by atoms with E-state index in [9.17, 15) is 0 Å². The lowest BCUT2D eigenvalue weighted by Gasteiger charge is -2.09. The third kappa shape index (κ3) is 3.14. The van der Waals surface area contributed by atoms with Gasteiger partial charge in [-0.05, 0) is 18.7 Å². The van der Waals surface area contributed by atoms with Crippen molar-refractivity contribution in [3.8, 4) is 34.0 Å². The van der Waals surface area contributed by atoms with Crippen LogP contribution < -0.4 is 0 Å². The number of nitrogens with zero attached hydrogens (tertiary/aromatic N) is 8. The zero-order chi connectivity index (χ0) is 22.4. The first-order valence-electron chi connectivity index (χ1n) is 10.2. The molecule has 160 valence electrons. The Labute approximate surface area is 191 Å². The molecule has 0 atom stereocenters. The van der Waals surface area contributed by atoms with E-state index < -0.39 is 0 Å². The first-order chi connectivity index (χ1) is 16.2. The first kappa shape index (κ1) is 19.5. The Morgan fingerprint density at radius 1 is 0.758 bits per heavy atom. The third-order valence-corrected chi connectivity index (χ3v) is 5.89. The SMILES string of the molecule is CSc1nnc(-c2nnc3c4c(-c5ccccc5)c(-c5ccccc5)nnc4nn3c2C)o1. The topological polar surface area (TPSA) is 108 Å². The largest absolute Gasteiger partial charge is 0.409 e. The molecule has 0 aliphatic carbocycles. The smallest absolute Gasteiger partial charge is 0.276 e. The first-order valence-corrected chi connectivity index (χ1v) is 11.4. The molecule has 0 spiro atoms. The van der Waals surface area contributed by atoms with Gasteiger partial charge in [-0.15, -0.1) is 35.7 Å². The van der Waals surface area contributed by atoms with Gasteiger partial charge in [0.15, 0.2) is 11.3 Å². The van der Waals surface area contributed by atoms with Gasteiger partial charge in [0.05, 0.1) is 11.1 Å². The average molecular weight is 453 g/mol. The molecular formula is C23H16N8OS. The summed E-state index contributed by atoms with van der Waals surface area (Å²) in [5.74, 6) is 0.296. The van der Waals surface area contributed by atoms with Crippen LogP contribution in [-0.4, -0.2) is 46.5 Å². The lowest BCUT2D eigenvalue weighted by atomic mass is 9.97. The minimum Gasteiger partial charge on any atom is -0.409 e. The fourth-order valence-electron chi connectivity index (χ4n) is 3.82. The van der Waals surface area contributed by atoms with Crippen LogP contribution in [0.5, 0.6) is 0 Å². The second-order valence-electron chi connectivity index (χ2n) is 7.30. The average Bonchev–Trinajstić information content (AvgIpc) is 3.50. The molecule has 0 saturated heterocycles. The molecule has 0 fully saturated rings. The molecular weight excluding hydrogens is 436 g/mol. The van der Waals surface area contributed by atoms with Gasteiger partial charge in [0.25, 0.3) is 11.1 Å². The van der Waals surface area contributed by atoms with E-state index in [0.717, 1.165) is 33.5 Å². The maximum atomic E-state index is 5.66. The molecule has 33 heavy (non-hydrogen) atoms. The quantitative estimate of drug-likeness (QED) is 0.358. The Kier molecular flexibility index (Phi) is 4.58. The Morgan fingerprint density at radius 3 is 2.15 bits per heavy atom. The summed E-state index contributed by atoms with van der Waals surface area (Å²) in [6.45, 7) is 1.89. The molecule has 0 saturated carbocycles. The second kappa shape index (κ2) is 7.75. The van der Waals surface area contributed by atoms with E-state index in [2.05, 4.69) is 30.6 Å². The Balaban J connectivity index is 1.67. The van der Waals surface area contributed by atoms with E-state index in [4.69, 9.17) is 9.52 Å². The van der Waals surface area contributed by atoms with E-state index in [-0.39, 0.29) is 0 Å². The number of hydrogen-bond acceptors (Lipinski definition) is 9. The predicted octanol–water partition coefficient (Wildman–Crippen LogP) is 4.48. The van der Waals surface area contributed by atoms with Crippen molar-refractivity contribution in [2.75, 3.05) is 6.26 Å². The number of thioether (sulfide) groups is 1. The van der Waals surface area contributed by atoms with E-state index in [1.165, 1.54) is 11.8 Å². The summed E-state index contributed by atoms with van der Waals surface area (Å²) >= 11 is 1.37. The zero-order valence-electron chi connectivity index (χ0n) is 17.7. The monoisotopic (exact) mass is 452 g/mol. The van der Waals surface area contributed by atoms with Crippen LogP contribution in [0.1, 0.15) is 5.69 Å². The van der Waals surface area contributed by atoms with Crippen molar-refractivity contribution in [3.63, 3.8) is 0 Å². The molecule has 0 radical (unpaired) electrons. The molecule has 6 aromatic rings. The van der Waals surface area contributed by atoms with Gasteiger partial charge in [0.1, 0.15) is 5.69 Å². The zero-order valence-corrected chi connectivity index (χ0v) is 18.5. The van der Waals surface area contributed by atoms with Gasteiger partial charge in [-0.25, -0.2) is 4.52 Å². The third-order valence-electron chi connectivity index (χ3n) is 5.37. The van der Waals surface area contributed by atoms with Gasteiger partial charge in [-0.2, -0.15) is 0 Å². The van der Waals surface area contributed by atoms with Gasteiger partial charge in [-0.1, -0.05) is 72.4 Å². The standard InChI is InChI=1S/C23H16N8OS/c1-13-18(22-28-29-23(32-22)33-2)24-27-21-17-16(14-9-5-3-6-10-14)19(15-11-7-4-8-12-15)25-26-20(17)30-31(13)21/h3-12H,1-2H3. The molecule has 0 aliphatic rings. The van der Waals surface area contributed by atoms with Crippen LogP contribution in [0.2, 0.25) is 0 Å². The minimum atomic E-state index is 0.296. The van der Waals surface area contributed by atoms with E-state index in [1.54, 1.807) is 4.52 Å². The summed E-state index contributed by atoms with van der Waals surface area (Å²) in [6.07, 6.45) is 1.87. The molecule has 0 N–H and O–H groups in total. The number of rotatable bonds is 4. The molecule has 0 unspecified atom stereocenters. The Morgan fingerprint density at radius 2 is 1.45 bits per heavy atom. The van der Waals surface area contributed by atoms with Crippen LogP contribution in [-0.2, 0) is 0 Å². The minimum absolute atomic E-state index is 0.296. The fraction of sp³-hybridized carbons (Fsp3) is 0.0870. The molecule has 6 rings (SSSR count). The van der Waals surface area contributed by atoms with Gasteiger partial charge in [-0.3, -0.25) is 0 Å². The fourth-order valence-corrected chi connectivity index (χ4v) is 4.11. The van der Waals surface area contributed by atoms with Crippen molar-refractivity contribution < 1.29 is 4.42 Å². The molecule has 4 aromatic heterocycles. The molecule has 9 nitrogen and oxygen atoms in total. The van der Waals surface area contributed by atoms with Crippen LogP contribution >= 0.6 is 11.8 Å². The van der Waals surface area contributed by atoms with Gasteiger partial charge in [0.2, 0.25) is 5.65 Å². The molecule has 10 heteroatoms. The maximum Gasteiger partial charge on any atom is 0.276 e. The summed E-state index contributed by atoms with van der Waals surface area (Å²) in [6, 6.07) is 20.0. The Bertz CT molecular complexity index is 1610. The summed E-state index contributed by atoms with van der Waals surface area (Å²) in [7, 11) is 0.